The van der Waals surface area contributed by atoms with Crippen molar-refractivity contribution in [3.8, 4) is 0 Å². The van der Waals surface area contributed by atoms with Crippen molar-refractivity contribution >= 4 is 17.2 Å². The summed E-state index contributed by atoms with van der Waals surface area (Å²) in [6, 6.07) is 5.78. The minimum Gasteiger partial charge on any atom is -0.258 e. The van der Waals surface area contributed by atoms with E-state index in [0.29, 0.717) is 12.1 Å². The zero-order valence-corrected chi connectivity index (χ0v) is 10.9. The Morgan fingerprint density at radius 1 is 1.26 bits per heavy atom. The molecule has 0 saturated heterocycles. The van der Waals surface area contributed by atoms with Gasteiger partial charge in [-0.25, -0.2) is 13.3 Å². The molecule has 0 unspecified atom stereocenters. The van der Waals surface area contributed by atoms with Crippen LogP contribution < -0.4 is 10.6 Å². The molecule has 0 fully saturated rings. The molecule has 0 aliphatic rings. The van der Waals surface area contributed by atoms with Crippen LogP contribution in [-0.4, -0.2) is 13.4 Å². The lowest BCUT2D eigenvalue weighted by molar-refractivity contribution is -0.384. The molecule has 8 heteroatoms. The number of rotatable bonds is 4. The molecule has 100 valence electrons. The highest BCUT2D eigenvalue weighted by Crippen LogP contribution is 2.12. The van der Waals surface area contributed by atoms with Gasteiger partial charge in [0.05, 0.1) is 11.5 Å². The lowest BCUT2D eigenvalue weighted by atomic mass is 10.2. The van der Waals surface area contributed by atoms with Gasteiger partial charge in [-0.05, 0) is 12.5 Å². The fourth-order valence-electron chi connectivity index (χ4n) is 1.63. The van der Waals surface area contributed by atoms with E-state index in [4.69, 9.17) is 0 Å². The van der Waals surface area contributed by atoms with Crippen molar-refractivity contribution in [3.63, 3.8) is 0 Å². The largest absolute Gasteiger partial charge is 0.341 e. The van der Waals surface area contributed by atoms with E-state index in [1.165, 1.54) is 28.2 Å². The highest BCUT2D eigenvalue weighted by molar-refractivity contribution is 7.03. The molecule has 1 aromatic carbocycles. The molecule has 0 N–H and O–H groups in total. The number of hydrogen-bond acceptors (Lipinski definition) is 5. The van der Waals surface area contributed by atoms with Gasteiger partial charge in [0.25, 0.3) is 5.69 Å². The Balaban J connectivity index is 2.31. The van der Waals surface area contributed by atoms with Crippen LogP contribution in [-0.2, 0) is 13.1 Å². The third kappa shape index (κ3) is 2.63. The summed E-state index contributed by atoms with van der Waals surface area (Å²) in [5.41, 5.74) is 0.300. The molecule has 0 radical (unpaired) electrons. The Morgan fingerprint density at radius 2 is 1.89 bits per heavy atom. The second-order valence-electron chi connectivity index (χ2n) is 3.84. The number of non-ortho nitro benzene ring substituents is 1. The molecule has 1 aromatic heterocycles. The van der Waals surface area contributed by atoms with E-state index in [9.17, 15) is 19.7 Å². The molecule has 2 rings (SSSR count). The number of nitro benzene ring substituents is 1. The van der Waals surface area contributed by atoms with Crippen LogP contribution in [0.4, 0.5) is 5.69 Å². The first-order valence-corrected chi connectivity index (χ1v) is 6.34. The van der Waals surface area contributed by atoms with Crippen LogP contribution in [0.25, 0.3) is 0 Å². The van der Waals surface area contributed by atoms with Gasteiger partial charge in [0, 0.05) is 30.2 Å². The van der Waals surface area contributed by atoms with Crippen molar-refractivity contribution in [1.29, 1.82) is 0 Å². The molecule has 0 aliphatic heterocycles. The van der Waals surface area contributed by atoms with Gasteiger partial charge in [-0.15, -0.1) is 0 Å². The Kier molecular flexibility index (Phi) is 3.61. The molecule has 0 spiro atoms. The highest BCUT2D eigenvalue weighted by Gasteiger charge is 2.10. The quantitative estimate of drug-likeness (QED) is 0.619. The van der Waals surface area contributed by atoms with Gasteiger partial charge in [-0.3, -0.25) is 14.9 Å². The predicted octanol–water partition coefficient (Wildman–Crippen LogP) is 1.05. The summed E-state index contributed by atoms with van der Waals surface area (Å²) in [7, 11) is 0. The Labute approximate surface area is 111 Å². The van der Waals surface area contributed by atoms with Crippen LogP contribution in [0.15, 0.2) is 33.9 Å². The van der Waals surface area contributed by atoms with Gasteiger partial charge in [-0.2, -0.15) is 0 Å². The first kappa shape index (κ1) is 13.2. The van der Waals surface area contributed by atoms with E-state index in [0.717, 1.165) is 16.1 Å². The molecule has 0 bridgehead atoms. The van der Waals surface area contributed by atoms with E-state index < -0.39 is 4.92 Å². The SMILES string of the molecule is CCn1sc(=O)n(Cc2ccc([N+](=O)[O-])cc2)c1=O. The molecule has 0 aliphatic carbocycles. The smallest absolute Gasteiger partial charge is 0.258 e. The van der Waals surface area contributed by atoms with Gasteiger partial charge < -0.3 is 0 Å². The number of hydrogen-bond donors (Lipinski definition) is 0. The van der Waals surface area contributed by atoms with Gasteiger partial charge in [0.1, 0.15) is 0 Å². The minimum absolute atomic E-state index is 0.0209. The third-order valence-corrected chi connectivity index (χ3v) is 3.64. The van der Waals surface area contributed by atoms with E-state index in [1.807, 2.05) is 0 Å². The van der Waals surface area contributed by atoms with Crippen LogP contribution in [0, 0.1) is 10.1 Å². The van der Waals surface area contributed by atoms with Crippen LogP contribution in [0.5, 0.6) is 0 Å². The van der Waals surface area contributed by atoms with Crippen LogP contribution in [0.2, 0.25) is 0 Å². The Bertz CT molecular complexity index is 711. The zero-order chi connectivity index (χ0) is 14.0. The second kappa shape index (κ2) is 5.19. The Morgan fingerprint density at radius 3 is 2.37 bits per heavy atom. The van der Waals surface area contributed by atoms with Crippen molar-refractivity contribution in [2.75, 3.05) is 0 Å². The van der Waals surface area contributed by atoms with Crippen molar-refractivity contribution in [2.45, 2.75) is 20.0 Å². The second-order valence-corrected chi connectivity index (χ2v) is 4.82. The lowest BCUT2D eigenvalue weighted by Crippen LogP contribution is -2.29. The topological polar surface area (TPSA) is 87.1 Å². The molecular weight excluding hydrogens is 270 g/mol. The molecule has 0 amide bonds. The van der Waals surface area contributed by atoms with Gasteiger partial charge in [0.2, 0.25) is 0 Å². The van der Waals surface area contributed by atoms with E-state index in [2.05, 4.69) is 0 Å². The van der Waals surface area contributed by atoms with Gasteiger partial charge in [0.15, 0.2) is 0 Å². The average Bonchev–Trinajstić information content (AvgIpc) is 2.67. The first-order valence-electron chi connectivity index (χ1n) is 5.57. The predicted molar refractivity (Wildman–Crippen MR) is 70.7 cm³/mol. The van der Waals surface area contributed by atoms with Gasteiger partial charge >= 0.3 is 10.6 Å². The van der Waals surface area contributed by atoms with E-state index in [1.54, 1.807) is 6.92 Å². The van der Waals surface area contributed by atoms with Crippen molar-refractivity contribution in [2.24, 2.45) is 0 Å². The van der Waals surface area contributed by atoms with E-state index >= 15 is 0 Å². The van der Waals surface area contributed by atoms with Crippen molar-refractivity contribution in [3.05, 3.63) is 60.1 Å². The summed E-state index contributed by atoms with van der Waals surface area (Å²) in [5, 5.41) is 10.5. The van der Waals surface area contributed by atoms with Crippen LogP contribution >= 0.6 is 11.5 Å². The average molecular weight is 281 g/mol. The molecule has 2 aromatic rings. The van der Waals surface area contributed by atoms with Crippen molar-refractivity contribution in [1.82, 2.24) is 8.52 Å². The molecule has 7 nitrogen and oxygen atoms in total. The molecule has 19 heavy (non-hydrogen) atoms. The molecule has 0 saturated carbocycles. The fourth-order valence-corrected chi connectivity index (χ4v) is 2.37. The number of nitrogens with zero attached hydrogens (tertiary/aromatic N) is 3. The molecule has 0 atom stereocenters. The fraction of sp³-hybridized carbons (Fsp3) is 0.273. The first-order chi connectivity index (χ1) is 9.02. The number of aromatic nitrogens is 2. The van der Waals surface area contributed by atoms with Crippen molar-refractivity contribution < 1.29 is 4.92 Å². The molecular formula is C11H11N3O4S. The molecule has 1 heterocycles. The summed E-state index contributed by atoms with van der Waals surface area (Å²) in [4.78, 5) is 33.2. The zero-order valence-electron chi connectivity index (χ0n) is 10.1. The minimum atomic E-state index is -0.495. The van der Waals surface area contributed by atoms with Crippen LogP contribution in [0.1, 0.15) is 12.5 Å². The number of aryl methyl sites for hydroxylation is 1. The summed E-state index contributed by atoms with van der Waals surface area (Å²) in [5.74, 6) is 0. The lowest BCUT2D eigenvalue weighted by Gasteiger charge is -2.00. The maximum absolute atomic E-state index is 11.8. The number of benzene rings is 1. The van der Waals surface area contributed by atoms with E-state index in [-0.39, 0.29) is 22.8 Å². The maximum atomic E-state index is 11.8. The third-order valence-electron chi connectivity index (χ3n) is 2.63. The highest BCUT2D eigenvalue weighted by atomic mass is 32.1. The summed E-state index contributed by atoms with van der Waals surface area (Å²) in [6.45, 7) is 2.36. The number of nitro groups is 1. The summed E-state index contributed by atoms with van der Waals surface area (Å²) < 4.78 is 2.49. The summed E-state index contributed by atoms with van der Waals surface area (Å²) >= 11 is 0.872. The maximum Gasteiger partial charge on any atom is 0.341 e. The standard InChI is InChI=1S/C11H11N3O4S/c1-2-13-10(15)12(11(16)19-13)7-8-3-5-9(6-4-8)14(17)18/h3-6H,2,7H2,1H3. The normalized spacial score (nSPS) is 10.6. The Hall–Kier alpha value is -2.22. The van der Waals surface area contributed by atoms with Crippen LogP contribution in [0.3, 0.4) is 0 Å². The monoisotopic (exact) mass is 281 g/mol. The summed E-state index contributed by atoms with van der Waals surface area (Å²) in [6.07, 6.45) is 0. The van der Waals surface area contributed by atoms with Gasteiger partial charge in [-0.1, -0.05) is 12.1 Å².